The molecule has 0 amide bonds. The molecule has 3 aromatic heterocycles. The van der Waals surface area contributed by atoms with E-state index in [1.807, 2.05) is 6.92 Å². The second kappa shape index (κ2) is 11.4. The van der Waals surface area contributed by atoms with E-state index in [0.29, 0.717) is 16.3 Å². The summed E-state index contributed by atoms with van der Waals surface area (Å²) in [5, 5.41) is 16.1. The van der Waals surface area contributed by atoms with Crippen molar-refractivity contribution < 1.29 is 13.9 Å². The van der Waals surface area contributed by atoms with Crippen LogP contribution in [0.15, 0.2) is 42.0 Å². The van der Waals surface area contributed by atoms with Crippen molar-refractivity contribution in [2.24, 2.45) is 0 Å². The fourth-order valence-corrected chi connectivity index (χ4v) is 5.75. The molecule has 0 radical (unpaired) electrons. The minimum Gasteiger partial charge on any atom is -0.381 e. The average Bonchev–Trinajstić information content (AvgIpc) is 3.45. The molecule has 192 valence electrons. The van der Waals surface area contributed by atoms with Gasteiger partial charge < -0.3 is 5.11 Å². The molecule has 0 aliphatic rings. The smallest absolute Gasteiger partial charge is 0.262 e. The van der Waals surface area contributed by atoms with Crippen molar-refractivity contribution in [1.29, 1.82) is 0 Å². The summed E-state index contributed by atoms with van der Waals surface area (Å²) >= 11 is 1.53. The number of unbranched alkanes of at least 4 members (excludes halogenated alkanes) is 5. The van der Waals surface area contributed by atoms with Gasteiger partial charge in [0.05, 0.1) is 24.8 Å². The molecule has 36 heavy (non-hydrogen) atoms. The minimum absolute atomic E-state index is 0.141. The molecule has 0 spiro atoms. The van der Waals surface area contributed by atoms with Crippen LogP contribution in [0.1, 0.15) is 61.5 Å². The number of fused-ring (bicyclic) bond motifs is 1. The molecular formula is C26H31F2N5O2S. The molecule has 0 aliphatic carbocycles. The van der Waals surface area contributed by atoms with Gasteiger partial charge in [-0.25, -0.2) is 23.4 Å². The predicted molar refractivity (Wildman–Crippen MR) is 136 cm³/mol. The first-order chi connectivity index (χ1) is 17.3. The molecular weight excluding hydrogens is 484 g/mol. The van der Waals surface area contributed by atoms with Crippen molar-refractivity contribution in [3.63, 3.8) is 0 Å². The zero-order chi connectivity index (χ0) is 25.7. The third kappa shape index (κ3) is 5.70. The summed E-state index contributed by atoms with van der Waals surface area (Å²) in [4.78, 5) is 23.6. The number of aliphatic hydroxyl groups is 1. The Kier molecular flexibility index (Phi) is 8.25. The Morgan fingerprint density at radius 2 is 1.86 bits per heavy atom. The van der Waals surface area contributed by atoms with E-state index in [4.69, 9.17) is 0 Å². The Labute approximate surface area is 212 Å². The summed E-state index contributed by atoms with van der Waals surface area (Å²) in [5.74, 6) is -1.67. The van der Waals surface area contributed by atoms with Crippen LogP contribution in [0.25, 0.3) is 10.2 Å². The number of thiophene rings is 1. The van der Waals surface area contributed by atoms with Crippen LogP contribution < -0.4 is 5.56 Å². The number of hydrogen-bond acceptors (Lipinski definition) is 6. The largest absolute Gasteiger partial charge is 0.381 e. The van der Waals surface area contributed by atoms with E-state index in [0.717, 1.165) is 35.8 Å². The zero-order valence-electron chi connectivity index (χ0n) is 20.6. The molecule has 7 nitrogen and oxygen atoms in total. The normalized spacial score (nSPS) is 13.4. The van der Waals surface area contributed by atoms with Crippen LogP contribution in [-0.4, -0.2) is 29.4 Å². The van der Waals surface area contributed by atoms with Gasteiger partial charge in [-0.05, 0) is 31.4 Å². The van der Waals surface area contributed by atoms with E-state index >= 15 is 0 Å². The van der Waals surface area contributed by atoms with Crippen LogP contribution in [0.4, 0.5) is 8.78 Å². The lowest BCUT2D eigenvalue weighted by Gasteiger charge is -2.29. The van der Waals surface area contributed by atoms with Crippen molar-refractivity contribution >= 4 is 21.6 Å². The number of halogens is 2. The van der Waals surface area contributed by atoms with Gasteiger partial charge in [0.1, 0.15) is 34.7 Å². The lowest BCUT2D eigenvalue weighted by atomic mass is 9.92. The Hall–Kier alpha value is -2.98. The summed E-state index contributed by atoms with van der Waals surface area (Å²) in [6.07, 6.45) is 12.1. The SMILES string of the molecule is CCCCCCCCc1sc2ncn(CC(O)(Cn3cncn3)c3ccc(F)cc3F)c(=O)c2c1C. The number of rotatable bonds is 12. The number of hydrogen-bond donors (Lipinski definition) is 1. The van der Waals surface area contributed by atoms with Crippen molar-refractivity contribution in [2.45, 2.75) is 77.5 Å². The third-order valence-corrected chi connectivity index (χ3v) is 7.79. The third-order valence-electron chi connectivity index (χ3n) is 6.53. The highest BCUT2D eigenvalue weighted by molar-refractivity contribution is 7.18. The Bertz CT molecular complexity index is 1370. The number of benzene rings is 1. The zero-order valence-corrected chi connectivity index (χ0v) is 21.4. The summed E-state index contributed by atoms with van der Waals surface area (Å²) in [6, 6.07) is 2.98. The van der Waals surface area contributed by atoms with Gasteiger partial charge in [-0.1, -0.05) is 45.1 Å². The van der Waals surface area contributed by atoms with E-state index in [-0.39, 0.29) is 24.2 Å². The maximum Gasteiger partial charge on any atom is 0.262 e. The Morgan fingerprint density at radius 3 is 2.58 bits per heavy atom. The fourth-order valence-electron chi connectivity index (χ4n) is 4.57. The molecule has 4 rings (SSSR count). The standard InChI is InChI=1S/C26H31F2N5O2S/c1-3-4-5-6-7-8-9-22-18(2)23-24(36-22)30-17-32(25(23)34)13-26(35,14-33-16-29-15-31-33)20-11-10-19(27)12-21(20)28/h10-12,15-17,35H,3-9,13-14H2,1-2H3. The molecule has 1 aromatic carbocycles. The first-order valence-corrected chi connectivity index (χ1v) is 13.1. The fraction of sp³-hybridized carbons (Fsp3) is 0.462. The molecule has 1 N–H and O–H groups in total. The molecule has 0 fully saturated rings. The second-order valence-electron chi connectivity index (χ2n) is 9.27. The molecule has 10 heteroatoms. The van der Waals surface area contributed by atoms with Gasteiger partial charge in [0.15, 0.2) is 0 Å². The van der Waals surface area contributed by atoms with Crippen LogP contribution in [0.5, 0.6) is 0 Å². The maximum absolute atomic E-state index is 14.8. The Morgan fingerprint density at radius 1 is 1.08 bits per heavy atom. The van der Waals surface area contributed by atoms with E-state index in [1.54, 1.807) is 0 Å². The van der Waals surface area contributed by atoms with Crippen molar-refractivity contribution in [3.8, 4) is 0 Å². The van der Waals surface area contributed by atoms with Crippen LogP contribution in [0.2, 0.25) is 0 Å². The summed E-state index contributed by atoms with van der Waals surface area (Å²) in [5.41, 5.74) is -1.45. The van der Waals surface area contributed by atoms with Crippen LogP contribution >= 0.6 is 11.3 Å². The first kappa shape index (κ1) is 26.1. The van der Waals surface area contributed by atoms with Gasteiger partial charge in [0.2, 0.25) is 0 Å². The summed E-state index contributed by atoms with van der Waals surface area (Å²) in [6.45, 7) is 3.65. The van der Waals surface area contributed by atoms with Gasteiger partial charge in [-0.2, -0.15) is 5.10 Å². The maximum atomic E-state index is 14.8. The van der Waals surface area contributed by atoms with Gasteiger partial charge in [-0.3, -0.25) is 9.36 Å². The van der Waals surface area contributed by atoms with Crippen molar-refractivity contribution in [3.05, 3.63) is 75.2 Å². The Balaban J connectivity index is 1.63. The number of nitrogens with zero attached hydrogens (tertiary/aromatic N) is 5. The highest BCUT2D eigenvalue weighted by Gasteiger charge is 2.35. The van der Waals surface area contributed by atoms with Gasteiger partial charge in [0, 0.05) is 16.5 Å². The van der Waals surface area contributed by atoms with E-state index in [1.165, 1.54) is 71.3 Å². The van der Waals surface area contributed by atoms with E-state index < -0.39 is 17.2 Å². The predicted octanol–water partition coefficient (Wildman–Crippen LogP) is 5.13. The van der Waals surface area contributed by atoms with Crippen molar-refractivity contribution in [2.75, 3.05) is 0 Å². The molecule has 0 aliphatic heterocycles. The summed E-state index contributed by atoms with van der Waals surface area (Å²) < 4.78 is 31.0. The molecule has 0 saturated heterocycles. The number of aromatic nitrogens is 5. The topological polar surface area (TPSA) is 85.8 Å². The molecule has 0 bridgehead atoms. The molecule has 4 aromatic rings. The first-order valence-electron chi connectivity index (χ1n) is 12.3. The molecule has 3 heterocycles. The lowest BCUT2D eigenvalue weighted by molar-refractivity contribution is -0.00641. The van der Waals surface area contributed by atoms with E-state index in [9.17, 15) is 18.7 Å². The monoisotopic (exact) mass is 515 g/mol. The summed E-state index contributed by atoms with van der Waals surface area (Å²) in [7, 11) is 0. The average molecular weight is 516 g/mol. The van der Waals surface area contributed by atoms with Gasteiger partial charge >= 0.3 is 0 Å². The molecule has 1 unspecified atom stereocenters. The quantitative estimate of drug-likeness (QED) is 0.265. The molecule has 0 saturated carbocycles. The molecule has 1 atom stereocenters. The van der Waals surface area contributed by atoms with Crippen molar-refractivity contribution in [1.82, 2.24) is 24.3 Å². The highest BCUT2D eigenvalue weighted by Crippen LogP contribution is 2.31. The van der Waals surface area contributed by atoms with Crippen LogP contribution in [0, 0.1) is 18.6 Å². The highest BCUT2D eigenvalue weighted by atomic mass is 32.1. The van der Waals surface area contributed by atoms with Crippen LogP contribution in [-0.2, 0) is 25.1 Å². The van der Waals surface area contributed by atoms with Gasteiger partial charge in [0.25, 0.3) is 5.56 Å². The second-order valence-corrected chi connectivity index (χ2v) is 10.4. The minimum atomic E-state index is -1.91. The van der Waals surface area contributed by atoms with Crippen LogP contribution in [0.3, 0.4) is 0 Å². The number of aryl methyl sites for hydroxylation is 2. The van der Waals surface area contributed by atoms with Gasteiger partial charge in [-0.15, -0.1) is 11.3 Å². The van der Waals surface area contributed by atoms with E-state index in [2.05, 4.69) is 22.0 Å². The lowest BCUT2D eigenvalue weighted by Crippen LogP contribution is -2.40.